The minimum absolute atomic E-state index is 0.188. The van der Waals surface area contributed by atoms with Gasteiger partial charge in [-0.3, -0.25) is 14.4 Å². The molecule has 6 heteroatoms. The monoisotopic (exact) mass is 294 g/mol. The summed E-state index contributed by atoms with van der Waals surface area (Å²) in [6.07, 6.45) is 6.35. The van der Waals surface area contributed by atoms with Crippen molar-refractivity contribution in [3.8, 4) is 0 Å². The highest BCUT2D eigenvalue weighted by Gasteiger charge is 2.30. The molecule has 1 aliphatic rings. The fourth-order valence-corrected chi connectivity index (χ4v) is 2.87. The molecule has 0 bridgehead atoms. The van der Waals surface area contributed by atoms with E-state index in [1.54, 1.807) is 11.8 Å². The molecule has 6 nitrogen and oxygen atoms in total. The number of carbonyl (C=O) groups excluding carboxylic acids is 1. The Morgan fingerprint density at radius 2 is 2.29 bits per heavy atom. The van der Waals surface area contributed by atoms with Crippen molar-refractivity contribution in [1.29, 1.82) is 0 Å². The van der Waals surface area contributed by atoms with Gasteiger partial charge in [0.25, 0.3) is 0 Å². The van der Waals surface area contributed by atoms with E-state index in [-0.39, 0.29) is 5.91 Å². The highest BCUT2D eigenvalue weighted by Crippen LogP contribution is 2.19. The highest BCUT2D eigenvalue weighted by molar-refractivity contribution is 5.76. The molecule has 21 heavy (non-hydrogen) atoms. The van der Waals surface area contributed by atoms with Crippen LogP contribution in [0.25, 0.3) is 0 Å². The van der Waals surface area contributed by atoms with Crippen molar-refractivity contribution >= 4 is 5.91 Å². The molecule has 1 fully saturated rings. The maximum atomic E-state index is 12.2. The summed E-state index contributed by atoms with van der Waals surface area (Å²) in [5.41, 5.74) is 1.11. The number of methoxy groups -OCH3 is 1. The van der Waals surface area contributed by atoms with Crippen LogP contribution in [-0.2, 0) is 23.0 Å². The van der Waals surface area contributed by atoms with Crippen molar-refractivity contribution in [2.45, 2.75) is 31.4 Å². The Hall–Kier alpha value is -1.40. The Kier molecular flexibility index (Phi) is 5.36. The molecule has 118 valence electrons. The van der Waals surface area contributed by atoms with Crippen LogP contribution in [0.5, 0.6) is 0 Å². The van der Waals surface area contributed by atoms with Crippen LogP contribution in [0.1, 0.15) is 18.4 Å². The predicted octanol–water partition coefficient (Wildman–Crippen LogP) is 0.530. The maximum absolute atomic E-state index is 12.2. The van der Waals surface area contributed by atoms with E-state index < -0.39 is 0 Å². The molecule has 2 heterocycles. The molecule has 0 saturated carbocycles. The van der Waals surface area contributed by atoms with Gasteiger partial charge in [-0.2, -0.15) is 5.10 Å². The van der Waals surface area contributed by atoms with Crippen molar-refractivity contribution in [2.75, 3.05) is 34.3 Å². The summed E-state index contributed by atoms with van der Waals surface area (Å²) >= 11 is 0. The second-order valence-corrected chi connectivity index (χ2v) is 5.98. The Bertz CT molecular complexity index is 474. The van der Waals surface area contributed by atoms with E-state index in [0.717, 1.165) is 31.5 Å². The lowest BCUT2D eigenvalue weighted by atomic mass is 10.1. The van der Waals surface area contributed by atoms with Crippen molar-refractivity contribution in [3.05, 3.63) is 18.0 Å². The molecule has 0 N–H and O–H groups in total. The summed E-state index contributed by atoms with van der Waals surface area (Å²) in [6, 6.07) is 0.391. The second-order valence-electron chi connectivity index (χ2n) is 5.98. The number of ether oxygens (including phenoxy) is 1. The topological polar surface area (TPSA) is 50.6 Å². The van der Waals surface area contributed by atoms with Crippen molar-refractivity contribution in [2.24, 2.45) is 7.05 Å². The first-order valence-corrected chi connectivity index (χ1v) is 7.44. The lowest BCUT2D eigenvalue weighted by Gasteiger charge is -2.25. The smallest absolute Gasteiger partial charge is 0.222 e. The van der Waals surface area contributed by atoms with Gasteiger partial charge in [0.2, 0.25) is 5.91 Å². The van der Waals surface area contributed by atoms with Crippen LogP contribution in [0.2, 0.25) is 0 Å². The molecular formula is C15H26N4O2. The molecule has 0 spiro atoms. The number of likely N-dealkylation sites (N-methyl/N-ethyl adjacent to an activating group) is 2. The molecular weight excluding hydrogens is 268 g/mol. The standard InChI is InChI=1S/C15H26N4O2/c1-17-11-14(21-4)7-13(17)10-18(2)15(20)6-5-12-8-16-19(3)9-12/h8-9,13-14H,5-7,10-11H2,1-4H3/t13-,14-/m0/s1. The van der Waals surface area contributed by atoms with Gasteiger partial charge in [-0.05, 0) is 25.5 Å². The number of aryl methyl sites for hydroxylation is 2. The number of nitrogens with zero attached hydrogens (tertiary/aromatic N) is 4. The average molecular weight is 294 g/mol. The van der Waals surface area contributed by atoms with Gasteiger partial charge in [-0.15, -0.1) is 0 Å². The number of hydrogen-bond acceptors (Lipinski definition) is 4. The fraction of sp³-hybridized carbons (Fsp3) is 0.733. The molecule has 1 aliphatic heterocycles. The Morgan fingerprint density at radius 3 is 2.86 bits per heavy atom. The molecule has 2 rings (SSSR count). The molecule has 1 aromatic heterocycles. The number of carbonyl (C=O) groups is 1. The lowest BCUT2D eigenvalue weighted by Crippen LogP contribution is -2.39. The van der Waals surface area contributed by atoms with Crippen LogP contribution in [0.3, 0.4) is 0 Å². The van der Waals surface area contributed by atoms with Gasteiger partial charge in [0.15, 0.2) is 0 Å². The van der Waals surface area contributed by atoms with Crippen molar-refractivity contribution < 1.29 is 9.53 Å². The zero-order valence-corrected chi connectivity index (χ0v) is 13.5. The quantitative estimate of drug-likeness (QED) is 0.768. The van der Waals surface area contributed by atoms with Gasteiger partial charge in [0.05, 0.1) is 12.3 Å². The van der Waals surface area contributed by atoms with Crippen LogP contribution in [0, 0.1) is 0 Å². The van der Waals surface area contributed by atoms with E-state index in [1.807, 2.05) is 31.4 Å². The molecule has 1 saturated heterocycles. The number of likely N-dealkylation sites (tertiary alicyclic amines) is 1. The van der Waals surface area contributed by atoms with Crippen LogP contribution in [-0.4, -0.2) is 71.9 Å². The Balaban J connectivity index is 1.77. The largest absolute Gasteiger partial charge is 0.380 e. The fourth-order valence-electron chi connectivity index (χ4n) is 2.87. The zero-order chi connectivity index (χ0) is 15.4. The summed E-state index contributed by atoms with van der Waals surface area (Å²) in [5, 5.41) is 4.12. The van der Waals surface area contributed by atoms with Gasteiger partial charge in [-0.25, -0.2) is 0 Å². The summed E-state index contributed by atoms with van der Waals surface area (Å²) in [4.78, 5) is 16.3. The van der Waals surface area contributed by atoms with E-state index in [9.17, 15) is 4.79 Å². The normalized spacial score (nSPS) is 22.7. The number of rotatable bonds is 6. The van der Waals surface area contributed by atoms with Gasteiger partial charge < -0.3 is 9.64 Å². The molecule has 0 radical (unpaired) electrons. The van der Waals surface area contributed by atoms with E-state index in [4.69, 9.17) is 4.74 Å². The highest BCUT2D eigenvalue weighted by atomic mass is 16.5. The number of aromatic nitrogens is 2. The lowest BCUT2D eigenvalue weighted by molar-refractivity contribution is -0.130. The molecule has 1 aromatic rings. The third kappa shape index (κ3) is 4.28. The zero-order valence-electron chi connectivity index (χ0n) is 13.5. The van der Waals surface area contributed by atoms with Gasteiger partial charge in [0.1, 0.15) is 0 Å². The SMILES string of the molecule is CO[C@H]1C[C@@H](CN(C)C(=O)CCc2cnn(C)c2)N(C)C1. The maximum Gasteiger partial charge on any atom is 0.222 e. The first-order valence-electron chi connectivity index (χ1n) is 7.44. The minimum Gasteiger partial charge on any atom is -0.380 e. The molecule has 0 aliphatic carbocycles. The molecule has 2 atom stereocenters. The second kappa shape index (κ2) is 7.04. The summed E-state index contributed by atoms with van der Waals surface area (Å²) in [7, 11) is 7.63. The van der Waals surface area contributed by atoms with Gasteiger partial charge in [-0.1, -0.05) is 0 Å². The van der Waals surface area contributed by atoms with E-state index in [1.165, 1.54) is 0 Å². The average Bonchev–Trinajstić information content (AvgIpc) is 3.02. The third-order valence-electron chi connectivity index (χ3n) is 4.28. The van der Waals surface area contributed by atoms with Crippen LogP contribution in [0.4, 0.5) is 0 Å². The molecule has 0 unspecified atom stereocenters. The Morgan fingerprint density at radius 1 is 1.52 bits per heavy atom. The third-order valence-corrected chi connectivity index (χ3v) is 4.28. The molecule has 0 aromatic carbocycles. The predicted molar refractivity (Wildman–Crippen MR) is 81.0 cm³/mol. The van der Waals surface area contributed by atoms with E-state index in [0.29, 0.717) is 18.6 Å². The van der Waals surface area contributed by atoms with Crippen LogP contribution < -0.4 is 0 Å². The minimum atomic E-state index is 0.188. The first-order chi connectivity index (χ1) is 9.99. The van der Waals surface area contributed by atoms with Gasteiger partial charge >= 0.3 is 0 Å². The van der Waals surface area contributed by atoms with E-state index in [2.05, 4.69) is 17.0 Å². The van der Waals surface area contributed by atoms with Gasteiger partial charge in [0, 0.05) is 53.0 Å². The van der Waals surface area contributed by atoms with E-state index >= 15 is 0 Å². The number of amides is 1. The van der Waals surface area contributed by atoms with Crippen LogP contribution in [0.15, 0.2) is 12.4 Å². The number of hydrogen-bond donors (Lipinski definition) is 0. The Labute approximate surface area is 126 Å². The first kappa shape index (κ1) is 16.0. The van der Waals surface area contributed by atoms with Crippen molar-refractivity contribution in [1.82, 2.24) is 19.6 Å². The molecule has 1 amide bonds. The van der Waals surface area contributed by atoms with Crippen LogP contribution >= 0.6 is 0 Å². The summed E-state index contributed by atoms with van der Waals surface area (Å²) in [6.45, 7) is 1.71. The summed E-state index contributed by atoms with van der Waals surface area (Å²) in [5.74, 6) is 0.188. The van der Waals surface area contributed by atoms with Crippen molar-refractivity contribution in [3.63, 3.8) is 0 Å². The summed E-state index contributed by atoms with van der Waals surface area (Å²) < 4.78 is 7.17.